The monoisotopic (exact) mass is 622 g/mol. The molecule has 0 saturated carbocycles. The molecule has 0 radical (unpaired) electrons. The molecule has 41 heavy (non-hydrogen) atoms. The zero-order valence-electron chi connectivity index (χ0n) is 20.3. The normalized spacial score (nSPS) is 37.3. The predicted octanol–water partition coefficient (Wildman–Crippen LogP) is 0.00470. The number of alkyl halides is 2. The number of H-pyrrole nitrogens is 1. The molecule has 3 aliphatic heterocycles. The van der Waals surface area contributed by atoms with Crippen LogP contribution >= 0.6 is 16.1 Å². The van der Waals surface area contributed by atoms with Crippen LogP contribution in [0.2, 0.25) is 0 Å². The van der Waals surface area contributed by atoms with Gasteiger partial charge in [-0.15, -0.1) is 9.05 Å². The van der Waals surface area contributed by atoms with Gasteiger partial charge in [-0.05, 0) is 0 Å². The highest BCUT2D eigenvalue weighted by Crippen LogP contribution is 2.51. The number of fused-ring (bicyclic) bond motifs is 5. The third-order valence-corrected chi connectivity index (χ3v) is 8.28. The quantitative estimate of drug-likeness (QED) is 0.319. The van der Waals surface area contributed by atoms with Gasteiger partial charge < -0.3 is 20.1 Å². The number of imidazole rings is 1. The van der Waals surface area contributed by atoms with Crippen molar-refractivity contribution in [3.8, 4) is 0 Å². The fourth-order valence-electron chi connectivity index (χ4n) is 4.63. The number of ether oxygens (including phenoxy) is 2. The molecule has 6 rings (SSSR count). The van der Waals surface area contributed by atoms with E-state index in [2.05, 4.69) is 15.0 Å². The Bertz CT molecular complexity index is 1650. The number of nitrogens with two attached hydrogens (primary N) is 1. The van der Waals surface area contributed by atoms with Crippen molar-refractivity contribution in [3.63, 3.8) is 0 Å². The molecule has 0 spiro atoms. The number of aromatic amines is 1. The van der Waals surface area contributed by atoms with Gasteiger partial charge in [-0.25, -0.2) is 33.1 Å². The summed E-state index contributed by atoms with van der Waals surface area (Å²) in [5.41, 5.74) is 4.27. The minimum atomic E-state index is -5.17. The van der Waals surface area contributed by atoms with Crippen LogP contribution in [0.5, 0.6) is 0 Å². The van der Waals surface area contributed by atoms with Gasteiger partial charge in [-0.3, -0.25) is 28.0 Å². The number of anilines is 1. The van der Waals surface area contributed by atoms with Crippen molar-refractivity contribution in [1.82, 2.24) is 29.1 Å². The van der Waals surface area contributed by atoms with Crippen LogP contribution in [0.1, 0.15) is 12.5 Å². The minimum absolute atomic E-state index is 0.0188. The van der Waals surface area contributed by atoms with E-state index in [0.717, 1.165) is 18.6 Å². The maximum Gasteiger partial charge on any atom is 0.698 e. The number of phosphoric ester groups is 1. The second-order valence-electron chi connectivity index (χ2n) is 9.04. The standard InChI is InChI=1S/C19H19F2N7O11P2/c20-10-8-4-35-41(32,33)39-14-11(21)7(36-18(14)27-2-1-9(29)26-19(27)30)3-34-40(31)38-13(10)17(37-8)28-6-25-12-15(22)23-5-24-16(12)28/h1-2,5-8,10-11,13-14,17-18H,3-4H2,(H3-,22,23,24,26,29,30,32,33)/p+1/t7-,8-,10-,11-,13-,14-,17-,18-/m1/s1. The van der Waals surface area contributed by atoms with Crippen molar-refractivity contribution in [1.29, 1.82) is 0 Å². The second kappa shape index (κ2) is 10.6. The lowest BCUT2D eigenvalue weighted by molar-refractivity contribution is -0.0646. The van der Waals surface area contributed by atoms with E-state index in [1.165, 1.54) is 10.9 Å². The van der Waals surface area contributed by atoms with Crippen LogP contribution in [0.3, 0.4) is 0 Å². The highest BCUT2D eigenvalue weighted by molar-refractivity contribution is 7.47. The van der Waals surface area contributed by atoms with Gasteiger partial charge in [0.2, 0.25) is 0 Å². The lowest BCUT2D eigenvalue weighted by Gasteiger charge is -2.24. The van der Waals surface area contributed by atoms with Gasteiger partial charge in [-0.2, -0.15) is 0 Å². The van der Waals surface area contributed by atoms with Crippen LogP contribution in [0.4, 0.5) is 14.6 Å². The van der Waals surface area contributed by atoms with Gasteiger partial charge in [0, 0.05) is 16.8 Å². The van der Waals surface area contributed by atoms with E-state index in [0.29, 0.717) is 4.57 Å². The first-order chi connectivity index (χ1) is 19.5. The Morgan fingerprint density at radius 3 is 2.54 bits per heavy atom. The molecule has 4 bridgehead atoms. The molecule has 3 aromatic rings. The van der Waals surface area contributed by atoms with Gasteiger partial charge in [0.05, 0.1) is 12.9 Å². The van der Waals surface area contributed by atoms with Gasteiger partial charge >= 0.3 is 21.8 Å². The minimum Gasteiger partial charge on any atom is -0.382 e. The van der Waals surface area contributed by atoms with Crippen molar-refractivity contribution in [2.75, 3.05) is 18.9 Å². The van der Waals surface area contributed by atoms with Crippen LogP contribution in [0.25, 0.3) is 11.2 Å². The molecule has 3 aliphatic rings. The molecule has 3 fully saturated rings. The molecule has 2 unspecified atom stereocenters. The third kappa shape index (κ3) is 5.22. The van der Waals surface area contributed by atoms with E-state index in [1.54, 1.807) is 0 Å². The topological polar surface area (TPSA) is 234 Å². The molecule has 0 amide bonds. The molecule has 220 valence electrons. The fraction of sp³-hybridized carbons (Fsp3) is 0.526. The first kappa shape index (κ1) is 28.1. The Morgan fingerprint density at radius 2 is 1.78 bits per heavy atom. The number of hydrogen-bond donors (Lipinski definition) is 3. The number of nitrogens with zero attached hydrogens (tertiary/aromatic N) is 5. The summed E-state index contributed by atoms with van der Waals surface area (Å²) in [6.45, 7) is -1.69. The van der Waals surface area contributed by atoms with Crippen LogP contribution in [0, 0.1) is 0 Å². The Balaban J connectivity index is 1.31. The van der Waals surface area contributed by atoms with Crippen molar-refractivity contribution < 1.29 is 50.4 Å². The van der Waals surface area contributed by atoms with Gasteiger partial charge in [-0.1, -0.05) is 0 Å². The Kier molecular flexibility index (Phi) is 7.29. The number of rotatable bonds is 2. The first-order valence-electron chi connectivity index (χ1n) is 11.8. The van der Waals surface area contributed by atoms with E-state index in [9.17, 15) is 23.6 Å². The SMILES string of the molecule is Nc1ncnc2c1ncn2[C@@H]1O[C@@H]2COP(=O)(O)O[C@@H]3[C@H](F)[C@@H](CO[P+](=O)O[C@@H]1[C@@H]2F)O[C@H]3n1ccc(=O)[nH]c1=O. The van der Waals surface area contributed by atoms with E-state index in [1.807, 2.05) is 4.98 Å². The molecule has 6 heterocycles. The molecule has 4 N–H and O–H groups in total. The van der Waals surface area contributed by atoms with Gasteiger partial charge in [0.25, 0.3) is 5.56 Å². The maximum atomic E-state index is 15.6. The average molecular weight is 622 g/mol. The molecule has 3 aromatic heterocycles. The zero-order chi connectivity index (χ0) is 29.1. The molecule has 0 aliphatic carbocycles. The summed E-state index contributed by atoms with van der Waals surface area (Å²) in [7, 11) is -8.31. The Morgan fingerprint density at radius 1 is 1.07 bits per heavy atom. The zero-order valence-corrected chi connectivity index (χ0v) is 22.1. The molecular weight excluding hydrogens is 602 g/mol. The highest BCUT2D eigenvalue weighted by atomic mass is 31.2. The number of phosphoric acid groups is 1. The lowest BCUT2D eigenvalue weighted by atomic mass is 10.1. The van der Waals surface area contributed by atoms with Crippen LogP contribution < -0.4 is 17.0 Å². The average Bonchev–Trinajstić information content (AvgIpc) is 3.57. The van der Waals surface area contributed by atoms with Crippen LogP contribution in [-0.2, 0) is 36.7 Å². The van der Waals surface area contributed by atoms with Crippen molar-refractivity contribution in [3.05, 3.63) is 45.8 Å². The molecule has 3 saturated heterocycles. The van der Waals surface area contributed by atoms with Gasteiger partial charge in [0.15, 0.2) is 42.4 Å². The molecule has 10 atom stereocenters. The Hall–Kier alpha value is -3.06. The van der Waals surface area contributed by atoms with E-state index >= 15 is 8.78 Å². The highest BCUT2D eigenvalue weighted by Gasteiger charge is 2.56. The number of hydrogen-bond acceptors (Lipinski definition) is 14. The maximum absolute atomic E-state index is 15.6. The third-order valence-electron chi connectivity index (χ3n) is 6.52. The van der Waals surface area contributed by atoms with Gasteiger partial charge in [0.1, 0.15) is 36.8 Å². The fourth-order valence-corrected chi connectivity index (χ4v) is 6.30. The van der Waals surface area contributed by atoms with Crippen molar-refractivity contribution in [2.45, 2.75) is 49.2 Å². The summed E-state index contributed by atoms with van der Waals surface area (Å²) in [6, 6.07) is 0.927. The summed E-state index contributed by atoms with van der Waals surface area (Å²) >= 11 is 0. The largest absolute Gasteiger partial charge is 0.698 e. The number of halogens is 2. The molecule has 18 nitrogen and oxygen atoms in total. The molecule has 0 aromatic carbocycles. The van der Waals surface area contributed by atoms with Crippen LogP contribution in [0.15, 0.2) is 34.5 Å². The second-order valence-corrected chi connectivity index (χ2v) is 11.4. The van der Waals surface area contributed by atoms with E-state index < -0.39 is 89.8 Å². The smallest absolute Gasteiger partial charge is 0.382 e. The number of aromatic nitrogens is 6. The van der Waals surface area contributed by atoms with Crippen molar-refractivity contribution >= 4 is 33.1 Å². The summed E-state index contributed by atoms with van der Waals surface area (Å²) < 4.78 is 90.1. The number of nitrogens with one attached hydrogen (secondary N) is 1. The first-order valence-corrected chi connectivity index (χ1v) is 14.4. The molecule has 22 heteroatoms. The summed E-state index contributed by atoms with van der Waals surface area (Å²) in [4.78, 5) is 48.0. The van der Waals surface area contributed by atoms with Crippen molar-refractivity contribution in [2.24, 2.45) is 0 Å². The summed E-state index contributed by atoms with van der Waals surface area (Å²) in [6.07, 6.45) is -10.9. The lowest BCUT2D eigenvalue weighted by Crippen LogP contribution is -2.38. The summed E-state index contributed by atoms with van der Waals surface area (Å²) in [5.74, 6) is 0.0188. The van der Waals surface area contributed by atoms with E-state index in [-0.39, 0.29) is 17.0 Å². The van der Waals surface area contributed by atoms with Crippen LogP contribution in [-0.4, -0.2) is 83.9 Å². The Labute approximate surface area is 226 Å². The number of nitrogen functional groups attached to an aromatic ring is 1. The predicted molar refractivity (Wildman–Crippen MR) is 128 cm³/mol. The summed E-state index contributed by atoms with van der Waals surface area (Å²) in [5, 5.41) is 0. The van der Waals surface area contributed by atoms with E-state index in [4.69, 9.17) is 33.3 Å². The molecular formula is C19H20F2N7O11P2+.